The van der Waals surface area contributed by atoms with Crippen LogP contribution in [0.1, 0.15) is 10.4 Å². The Bertz CT molecular complexity index is 1180. The monoisotopic (exact) mass is 522 g/mol. The molecule has 1 aromatic carbocycles. The van der Waals surface area contributed by atoms with E-state index in [1.165, 1.54) is 24.4 Å². The minimum atomic E-state index is -3.97. The fraction of sp³-hybridized carbons (Fsp3) is 0.111. The summed E-state index contributed by atoms with van der Waals surface area (Å²) in [5.41, 5.74) is -0.105. The largest absolute Gasteiger partial charge is 0.507 e. The molecule has 3 aromatic rings. The summed E-state index contributed by atoms with van der Waals surface area (Å²) in [6, 6.07) is 8.00. The standard InChI is InChI=1S/C18H13Cl3N2O6S2/c19-13-8-16(30-17(13)21)31(26,27)23-10-1-3-12(14(24)7-10)18(25)29-6-5-28-11-2-4-15(20)22-9-11/h1-4,7-9,23-24H,5-6H2. The number of ether oxygens (including phenoxy) is 2. The first kappa shape index (κ1) is 23.4. The number of hydrogen-bond donors (Lipinski definition) is 2. The maximum absolute atomic E-state index is 12.4. The highest BCUT2D eigenvalue weighted by atomic mass is 35.5. The van der Waals surface area contributed by atoms with Crippen molar-refractivity contribution >= 4 is 67.8 Å². The number of carbonyl (C=O) groups excluding carboxylic acids is 1. The van der Waals surface area contributed by atoms with Crippen LogP contribution in [0.2, 0.25) is 14.5 Å². The quantitative estimate of drug-likeness (QED) is 0.246. The van der Waals surface area contributed by atoms with Crippen molar-refractivity contribution in [3.63, 3.8) is 0 Å². The first-order valence-electron chi connectivity index (χ1n) is 8.38. The molecule has 0 bridgehead atoms. The Morgan fingerprint density at radius 2 is 1.90 bits per heavy atom. The fourth-order valence-electron chi connectivity index (χ4n) is 2.25. The van der Waals surface area contributed by atoms with Crippen LogP contribution in [0.3, 0.4) is 0 Å². The van der Waals surface area contributed by atoms with Crippen LogP contribution in [-0.4, -0.2) is 37.7 Å². The van der Waals surface area contributed by atoms with Gasteiger partial charge in [0, 0.05) is 6.07 Å². The zero-order chi connectivity index (χ0) is 22.6. The number of aromatic hydroxyl groups is 1. The van der Waals surface area contributed by atoms with E-state index in [1.54, 1.807) is 12.1 Å². The molecule has 0 saturated carbocycles. The molecule has 0 saturated heterocycles. The second kappa shape index (κ2) is 9.92. The molecule has 0 atom stereocenters. The molecule has 0 radical (unpaired) electrons. The lowest BCUT2D eigenvalue weighted by atomic mass is 10.2. The number of phenols is 1. The van der Waals surface area contributed by atoms with Gasteiger partial charge in [0.1, 0.15) is 44.0 Å². The maximum atomic E-state index is 12.4. The Hall–Kier alpha value is -2.24. The van der Waals surface area contributed by atoms with Gasteiger partial charge >= 0.3 is 5.97 Å². The van der Waals surface area contributed by atoms with Crippen LogP contribution in [0.15, 0.2) is 46.8 Å². The summed E-state index contributed by atoms with van der Waals surface area (Å²) in [4.78, 5) is 16.0. The number of hydrogen-bond acceptors (Lipinski definition) is 8. The van der Waals surface area contributed by atoms with Gasteiger partial charge in [0.2, 0.25) is 0 Å². The van der Waals surface area contributed by atoms with Gasteiger partial charge in [0.15, 0.2) is 0 Å². The van der Waals surface area contributed by atoms with Gasteiger partial charge in [-0.3, -0.25) is 4.72 Å². The van der Waals surface area contributed by atoms with E-state index in [0.29, 0.717) is 10.9 Å². The van der Waals surface area contributed by atoms with E-state index in [2.05, 4.69) is 9.71 Å². The molecular weight excluding hydrogens is 511 g/mol. The Morgan fingerprint density at radius 3 is 2.52 bits per heavy atom. The van der Waals surface area contributed by atoms with Gasteiger partial charge in [-0.1, -0.05) is 34.8 Å². The molecule has 0 aliphatic carbocycles. The van der Waals surface area contributed by atoms with E-state index in [1.807, 2.05) is 0 Å². The van der Waals surface area contributed by atoms with Gasteiger partial charge in [0.25, 0.3) is 10.0 Å². The zero-order valence-corrected chi connectivity index (χ0v) is 19.2. The van der Waals surface area contributed by atoms with Crippen molar-refractivity contribution in [1.29, 1.82) is 0 Å². The third-order valence-corrected chi connectivity index (χ3v) is 7.59. The lowest BCUT2D eigenvalue weighted by Crippen LogP contribution is -2.14. The van der Waals surface area contributed by atoms with Crippen LogP contribution in [0.5, 0.6) is 11.5 Å². The van der Waals surface area contributed by atoms with Crippen molar-refractivity contribution in [3.05, 3.63) is 62.7 Å². The van der Waals surface area contributed by atoms with Gasteiger partial charge in [-0.25, -0.2) is 18.2 Å². The van der Waals surface area contributed by atoms with Crippen molar-refractivity contribution in [2.45, 2.75) is 4.21 Å². The second-order valence-electron chi connectivity index (χ2n) is 5.83. The number of halogens is 3. The Balaban J connectivity index is 1.58. The Labute approximate surface area is 196 Å². The number of esters is 1. The Morgan fingerprint density at radius 1 is 1.13 bits per heavy atom. The smallest absolute Gasteiger partial charge is 0.342 e. The molecule has 3 rings (SSSR count). The van der Waals surface area contributed by atoms with Crippen molar-refractivity contribution in [3.8, 4) is 11.5 Å². The summed E-state index contributed by atoms with van der Waals surface area (Å²) >= 11 is 18.0. The van der Waals surface area contributed by atoms with Crippen molar-refractivity contribution < 1.29 is 27.8 Å². The first-order chi connectivity index (χ1) is 14.7. The van der Waals surface area contributed by atoms with Gasteiger partial charge in [-0.2, -0.15) is 0 Å². The van der Waals surface area contributed by atoms with E-state index in [-0.39, 0.29) is 38.0 Å². The predicted molar refractivity (Wildman–Crippen MR) is 118 cm³/mol. The highest BCUT2D eigenvalue weighted by molar-refractivity contribution is 7.94. The van der Waals surface area contributed by atoms with Gasteiger partial charge < -0.3 is 14.6 Å². The molecule has 0 unspecified atom stereocenters. The number of phenolic OH excluding ortho intramolecular Hbond substituents is 1. The van der Waals surface area contributed by atoms with Crippen LogP contribution in [0, 0.1) is 0 Å². The van der Waals surface area contributed by atoms with E-state index in [0.717, 1.165) is 17.4 Å². The molecule has 2 aromatic heterocycles. The maximum Gasteiger partial charge on any atom is 0.342 e. The molecular formula is C18H13Cl3N2O6S2. The van der Waals surface area contributed by atoms with E-state index >= 15 is 0 Å². The fourth-order valence-corrected chi connectivity index (χ4v) is 5.29. The third-order valence-electron chi connectivity index (χ3n) is 3.64. The van der Waals surface area contributed by atoms with Crippen molar-refractivity contribution in [2.75, 3.05) is 17.9 Å². The molecule has 0 fully saturated rings. The summed E-state index contributed by atoms with van der Waals surface area (Å²) < 4.78 is 37.5. The van der Waals surface area contributed by atoms with Crippen LogP contribution in [-0.2, 0) is 14.8 Å². The topological polar surface area (TPSA) is 115 Å². The van der Waals surface area contributed by atoms with Gasteiger partial charge in [-0.05, 0) is 30.3 Å². The molecule has 0 aliphatic heterocycles. The second-order valence-corrected chi connectivity index (χ2v) is 10.2. The van der Waals surface area contributed by atoms with Crippen molar-refractivity contribution in [2.24, 2.45) is 0 Å². The highest BCUT2D eigenvalue weighted by Crippen LogP contribution is 2.35. The minimum absolute atomic E-state index is 0.0354. The van der Waals surface area contributed by atoms with Crippen LogP contribution < -0.4 is 9.46 Å². The number of thiophene rings is 1. The zero-order valence-electron chi connectivity index (χ0n) is 15.3. The van der Waals surface area contributed by atoms with Gasteiger partial charge in [0.05, 0.1) is 16.9 Å². The SMILES string of the molecule is O=C(OCCOc1ccc(Cl)nc1)c1ccc(NS(=O)(=O)c2cc(Cl)c(Cl)s2)cc1O. The van der Waals surface area contributed by atoms with Gasteiger partial charge in [-0.15, -0.1) is 11.3 Å². The number of anilines is 1. The number of aromatic nitrogens is 1. The molecule has 0 amide bonds. The molecule has 2 heterocycles. The average molecular weight is 524 g/mol. The minimum Gasteiger partial charge on any atom is -0.507 e. The van der Waals surface area contributed by atoms with E-state index in [4.69, 9.17) is 44.3 Å². The summed E-state index contributed by atoms with van der Waals surface area (Å²) in [5, 5.41) is 10.5. The average Bonchev–Trinajstić information content (AvgIpc) is 3.06. The lowest BCUT2D eigenvalue weighted by molar-refractivity contribution is 0.0447. The first-order valence-corrected chi connectivity index (χ1v) is 11.8. The van der Waals surface area contributed by atoms with Crippen LogP contribution >= 0.6 is 46.1 Å². The number of carbonyl (C=O) groups is 1. The summed E-state index contributed by atoms with van der Waals surface area (Å²) in [6.45, 7) is -0.0329. The molecule has 0 spiro atoms. The number of sulfonamides is 1. The van der Waals surface area contributed by atoms with Crippen LogP contribution in [0.25, 0.3) is 0 Å². The number of pyridine rings is 1. The molecule has 2 N–H and O–H groups in total. The lowest BCUT2D eigenvalue weighted by Gasteiger charge is -2.10. The Kier molecular flexibility index (Phi) is 7.50. The predicted octanol–water partition coefficient (Wildman–Crippen LogP) is 4.85. The molecule has 164 valence electrons. The van der Waals surface area contributed by atoms with Crippen molar-refractivity contribution in [1.82, 2.24) is 4.98 Å². The molecule has 13 heteroatoms. The van der Waals surface area contributed by atoms with Crippen LogP contribution in [0.4, 0.5) is 5.69 Å². The van der Waals surface area contributed by atoms with E-state index < -0.39 is 21.7 Å². The molecule has 0 aliphatic rings. The molecule has 8 nitrogen and oxygen atoms in total. The summed E-state index contributed by atoms with van der Waals surface area (Å²) in [6.07, 6.45) is 1.42. The highest BCUT2D eigenvalue weighted by Gasteiger charge is 2.21. The van der Waals surface area contributed by atoms with E-state index in [9.17, 15) is 18.3 Å². The third kappa shape index (κ3) is 6.14. The number of nitrogens with zero attached hydrogens (tertiary/aromatic N) is 1. The normalized spacial score (nSPS) is 11.2. The number of rotatable bonds is 8. The number of benzene rings is 1. The summed E-state index contributed by atoms with van der Waals surface area (Å²) in [7, 11) is -3.97. The summed E-state index contributed by atoms with van der Waals surface area (Å²) in [5.74, 6) is -0.815. The number of nitrogens with one attached hydrogen (secondary N) is 1. The molecule has 31 heavy (non-hydrogen) atoms.